The zero-order valence-corrected chi connectivity index (χ0v) is 11.5. The number of fused-ring (bicyclic) bond motifs is 1. The van der Waals surface area contributed by atoms with Crippen molar-refractivity contribution in [2.24, 2.45) is 7.05 Å². The molecule has 1 N–H and O–H groups in total. The number of nitrogens with one attached hydrogen (secondary N) is 1. The first-order valence-corrected chi connectivity index (χ1v) is 7.08. The predicted octanol–water partition coefficient (Wildman–Crippen LogP) is 0.920. The molecule has 2 aromatic heterocycles. The molecule has 1 fully saturated rings. The van der Waals surface area contributed by atoms with Gasteiger partial charge in [0.05, 0.1) is 18.8 Å². The van der Waals surface area contributed by atoms with Crippen LogP contribution in [0.2, 0.25) is 0 Å². The fourth-order valence-corrected chi connectivity index (χ4v) is 2.95. The van der Waals surface area contributed by atoms with E-state index in [1.807, 2.05) is 22.6 Å². The lowest BCUT2D eigenvalue weighted by Crippen LogP contribution is -2.24. The van der Waals surface area contributed by atoms with Gasteiger partial charge in [0.1, 0.15) is 0 Å². The van der Waals surface area contributed by atoms with Gasteiger partial charge in [0.25, 0.3) is 0 Å². The predicted molar refractivity (Wildman–Crippen MR) is 72.7 cm³/mol. The second kappa shape index (κ2) is 4.59. The Kier molecular flexibility index (Phi) is 2.73. The fourth-order valence-electron chi connectivity index (χ4n) is 2.95. The molecule has 106 valence electrons. The average Bonchev–Trinajstić information content (AvgIpc) is 3.17. The van der Waals surface area contributed by atoms with E-state index >= 15 is 0 Å². The molecule has 1 saturated heterocycles. The van der Waals surface area contributed by atoms with Crippen LogP contribution in [0.1, 0.15) is 36.2 Å². The van der Waals surface area contributed by atoms with Gasteiger partial charge < -0.3 is 10.1 Å². The van der Waals surface area contributed by atoms with Crippen molar-refractivity contribution in [1.82, 2.24) is 24.5 Å². The zero-order chi connectivity index (χ0) is 13.5. The van der Waals surface area contributed by atoms with Crippen molar-refractivity contribution in [3.63, 3.8) is 0 Å². The molecular formula is C13H18N6O. The number of anilines is 1. The molecule has 20 heavy (non-hydrogen) atoms. The van der Waals surface area contributed by atoms with Crippen LogP contribution in [0.15, 0.2) is 12.4 Å². The quantitative estimate of drug-likeness (QED) is 0.882. The van der Waals surface area contributed by atoms with Crippen LogP contribution in [-0.2, 0) is 11.8 Å². The number of ether oxygens (including phenoxy) is 1. The first-order valence-electron chi connectivity index (χ1n) is 7.08. The van der Waals surface area contributed by atoms with Crippen molar-refractivity contribution in [3.8, 4) is 0 Å². The molecule has 0 aliphatic carbocycles. The highest BCUT2D eigenvalue weighted by atomic mass is 16.5. The van der Waals surface area contributed by atoms with E-state index in [9.17, 15) is 0 Å². The highest BCUT2D eigenvalue weighted by Gasteiger charge is 2.29. The van der Waals surface area contributed by atoms with Gasteiger partial charge in [0.2, 0.25) is 5.95 Å². The van der Waals surface area contributed by atoms with E-state index in [1.165, 1.54) is 5.56 Å². The van der Waals surface area contributed by atoms with Gasteiger partial charge in [0.15, 0.2) is 5.82 Å². The summed E-state index contributed by atoms with van der Waals surface area (Å²) in [6.45, 7) is 2.47. The van der Waals surface area contributed by atoms with Gasteiger partial charge in [-0.1, -0.05) is 0 Å². The Bertz CT molecular complexity index is 612. The van der Waals surface area contributed by atoms with Crippen LogP contribution < -0.4 is 5.32 Å². The highest BCUT2D eigenvalue weighted by molar-refractivity contribution is 5.32. The molecular weight excluding hydrogens is 256 g/mol. The third-order valence-electron chi connectivity index (χ3n) is 4.05. The summed E-state index contributed by atoms with van der Waals surface area (Å²) < 4.78 is 9.28. The van der Waals surface area contributed by atoms with Crippen LogP contribution in [0.4, 0.5) is 5.95 Å². The standard InChI is InChI=1S/C13H18N6O/c1-18-7-10(6-15-18)11-2-4-14-13-16-12(17-19(11)13)9-3-5-20-8-9/h6-7,9,11H,2-5,8H2,1H3,(H,14,16,17). The summed E-state index contributed by atoms with van der Waals surface area (Å²) in [5, 5.41) is 12.3. The summed E-state index contributed by atoms with van der Waals surface area (Å²) in [6, 6.07) is 0.225. The van der Waals surface area contributed by atoms with E-state index in [1.54, 1.807) is 0 Å². The molecule has 7 heteroatoms. The average molecular weight is 274 g/mol. The normalized spacial score (nSPS) is 25.4. The van der Waals surface area contributed by atoms with Crippen LogP contribution in [0.25, 0.3) is 0 Å². The minimum Gasteiger partial charge on any atom is -0.381 e. The maximum Gasteiger partial charge on any atom is 0.221 e. The fraction of sp³-hybridized carbons (Fsp3) is 0.615. The number of hydrogen-bond acceptors (Lipinski definition) is 5. The summed E-state index contributed by atoms with van der Waals surface area (Å²) >= 11 is 0. The molecule has 0 saturated carbocycles. The molecule has 0 amide bonds. The SMILES string of the molecule is Cn1cc(C2CCNc3nc(C4CCOC4)nn32)cn1. The topological polar surface area (TPSA) is 69.8 Å². The van der Waals surface area contributed by atoms with E-state index < -0.39 is 0 Å². The first-order chi connectivity index (χ1) is 9.81. The van der Waals surface area contributed by atoms with Crippen molar-refractivity contribution in [2.45, 2.75) is 24.8 Å². The highest BCUT2D eigenvalue weighted by Crippen LogP contribution is 2.31. The number of hydrogen-bond donors (Lipinski definition) is 1. The second-order valence-electron chi connectivity index (χ2n) is 5.48. The third kappa shape index (κ3) is 1.89. The molecule has 2 aromatic rings. The molecule has 0 spiro atoms. The Morgan fingerprint density at radius 1 is 1.40 bits per heavy atom. The van der Waals surface area contributed by atoms with Crippen molar-refractivity contribution < 1.29 is 4.74 Å². The van der Waals surface area contributed by atoms with Crippen molar-refractivity contribution >= 4 is 5.95 Å². The van der Waals surface area contributed by atoms with E-state index in [-0.39, 0.29) is 6.04 Å². The number of rotatable bonds is 2. The van der Waals surface area contributed by atoms with Crippen LogP contribution in [0.3, 0.4) is 0 Å². The largest absolute Gasteiger partial charge is 0.381 e. The van der Waals surface area contributed by atoms with Gasteiger partial charge in [0, 0.05) is 37.9 Å². The van der Waals surface area contributed by atoms with E-state index in [4.69, 9.17) is 9.84 Å². The molecule has 2 atom stereocenters. The Morgan fingerprint density at radius 3 is 3.10 bits per heavy atom. The summed E-state index contributed by atoms with van der Waals surface area (Å²) in [5.74, 6) is 2.11. The molecule has 0 bridgehead atoms. The molecule has 2 aliphatic rings. The summed E-state index contributed by atoms with van der Waals surface area (Å²) in [7, 11) is 1.94. The van der Waals surface area contributed by atoms with Gasteiger partial charge in [-0.05, 0) is 12.8 Å². The maximum atomic E-state index is 5.44. The van der Waals surface area contributed by atoms with E-state index in [2.05, 4.69) is 21.6 Å². The molecule has 2 unspecified atom stereocenters. The molecule has 2 aliphatic heterocycles. The van der Waals surface area contributed by atoms with Crippen LogP contribution in [0.5, 0.6) is 0 Å². The first kappa shape index (κ1) is 11.9. The van der Waals surface area contributed by atoms with Gasteiger partial charge >= 0.3 is 0 Å². The van der Waals surface area contributed by atoms with Crippen LogP contribution >= 0.6 is 0 Å². The lowest BCUT2D eigenvalue weighted by molar-refractivity contribution is 0.193. The number of aryl methyl sites for hydroxylation is 1. The summed E-state index contributed by atoms with van der Waals surface area (Å²) in [6.07, 6.45) is 5.99. The summed E-state index contributed by atoms with van der Waals surface area (Å²) in [4.78, 5) is 4.65. The molecule has 4 rings (SSSR count). The maximum absolute atomic E-state index is 5.44. The van der Waals surface area contributed by atoms with Crippen molar-refractivity contribution in [1.29, 1.82) is 0 Å². The smallest absolute Gasteiger partial charge is 0.221 e. The Labute approximate surface area is 116 Å². The van der Waals surface area contributed by atoms with Gasteiger partial charge in [-0.3, -0.25) is 4.68 Å². The third-order valence-corrected chi connectivity index (χ3v) is 4.05. The minimum absolute atomic E-state index is 0.225. The number of aromatic nitrogens is 5. The van der Waals surface area contributed by atoms with Gasteiger partial charge in [-0.15, -0.1) is 0 Å². The lowest BCUT2D eigenvalue weighted by Gasteiger charge is -2.23. The second-order valence-corrected chi connectivity index (χ2v) is 5.48. The number of nitrogens with zero attached hydrogens (tertiary/aromatic N) is 5. The van der Waals surface area contributed by atoms with E-state index in [0.717, 1.165) is 44.4 Å². The molecule has 0 radical (unpaired) electrons. The minimum atomic E-state index is 0.225. The monoisotopic (exact) mass is 274 g/mol. The Hall–Kier alpha value is -1.89. The molecule has 0 aromatic carbocycles. The van der Waals surface area contributed by atoms with Crippen LogP contribution in [0, 0.1) is 0 Å². The van der Waals surface area contributed by atoms with Crippen molar-refractivity contribution in [3.05, 3.63) is 23.8 Å². The van der Waals surface area contributed by atoms with Crippen molar-refractivity contribution in [2.75, 3.05) is 25.1 Å². The van der Waals surface area contributed by atoms with E-state index in [0.29, 0.717) is 5.92 Å². The van der Waals surface area contributed by atoms with Gasteiger partial charge in [-0.2, -0.15) is 15.2 Å². The molecule has 7 nitrogen and oxygen atoms in total. The van der Waals surface area contributed by atoms with Gasteiger partial charge in [-0.25, -0.2) is 4.68 Å². The zero-order valence-electron chi connectivity index (χ0n) is 11.5. The Balaban J connectivity index is 1.69. The Morgan fingerprint density at radius 2 is 2.35 bits per heavy atom. The lowest BCUT2D eigenvalue weighted by atomic mass is 10.1. The summed E-state index contributed by atoms with van der Waals surface area (Å²) in [5.41, 5.74) is 1.19. The van der Waals surface area contributed by atoms with Crippen LogP contribution in [-0.4, -0.2) is 44.3 Å². The molecule has 4 heterocycles.